The van der Waals surface area contributed by atoms with E-state index < -0.39 is 0 Å². The molecule has 0 aliphatic rings. The van der Waals surface area contributed by atoms with Crippen LogP contribution in [0.1, 0.15) is 22.3 Å². The monoisotopic (exact) mass is 316 g/mol. The first-order valence-corrected chi connectivity index (χ1v) is 9.39. The molecule has 1 unspecified atom stereocenters. The van der Waals surface area contributed by atoms with Gasteiger partial charge in [-0.3, -0.25) is 0 Å². The van der Waals surface area contributed by atoms with E-state index in [0.717, 1.165) is 20.9 Å². The average molecular weight is 316 g/mol. The molecule has 0 bridgehead atoms. The molecule has 23 heavy (non-hydrogen) atoms. The van der Waals surface area contributed by atoms with Crippen molar-refractivity contribution in [2.24, 2.45) is 0 Å². The van der Waals surface area contributed by atoms with Gasteiger partial charge in [-0.05, 0) is 34.6 Å². The molecule has 1 atom stereocenters. The van der Waals surface area contributed by atoms with Crippen LogP contribution in [0.3, 0.4) is 0 Å². The molecule has 1 heteroatoms. The van der Waals surface area contributed by atoms with Gasteiger partial charge in [-0.25, -0.2) is 0 Å². The first kappa shape index (κ1) is 15.7. The highest BCUT2D eigenvalue weighted by Gasteiger charge is 1.99. The minimum absolute atomic E-state index is 0.921. The van der Waals surface area contributed by atoms with E-state index in [9.17, 15) is 0 Å². The van der Waals surface area contributed by atoms with Crippen molar-refractivity contribution in [2.75, 3.05) is 0 Å². The zero-order chi connectivity index (χ0) is 15.7. The zero-order valence-corrected chi connectivity index (χ0v) is 14.2. The van der Waals surface area contributed by atoms with Crippen LogP contribution in [0.5, 0.6) is 0 Å². The Morgan fingerprint density at radius 1 is 0.609 bits per heavy atom. The summed E-state index contributed by atoms with van der Waals surface area (Å²) in [6.45, 7) is 0. The first-order chi connectivity index (χ1) is 11.4. The van der Waals surface area contributed by atoms with Crippen LogP contribution < -0.4 is 0 Å². The Bertz CT molecular complexity index is 745. The molecular formula is C22H21P. The standard InChI is InChI=1S/C22H21P/c1-3-9-19(10-4-1)15-16-21-13-7-8-14-22(21)18-23-17-20-11-5-2-6-12-20/h1-16,23H,17-18H2. The predicted molar refractivity (Wildman–Crippen MR) is 104 cm³/mol. The van der Waals surface area contributed by atoms with Crippen LogP contribution in [0.2, 0.25) is 0 Å². The summed E-state index contributed by atoms with van der Waals surface area (Å²) in [5.41, 5.74) is 5.45. The fourth-order valence-corrected chi connectivity index (χ4v) is 3.79. The summed E-state index contributed by atoms with van der Waals surface area (Å²) in [4.78, 5) is 0. The van der Waals surface area contributed by atoms with Crippen LogP contribution in [0, 0.1) is 0 Å². The topological polar surface area (TPSA) is 0 Å². The third-order valence-corrected chi connectivity index (χ3v) is 5.09. The summed E-state index contributed by atoms with van der Waals surface area (Å²) in [5, 5.41) is 0. The van der Waals surface area contributed by atoms with Crippen molar-refractivity contribution in [1.82, 2.24) is 0 Å². The van der Waals surface area contributed by atoms with E-state index in [2.05, 4.69) is 97.1 Å². The summed E-state index contributed by atoms with van der Waals surface area (Å²) in [6.07, 6.45) is 6.73. The third kappa shape index (κ3) is 4.91. The number of rotatable bonds is 6. The molecule has 0 radical (unpaired) electrons. The Balaban J connectivity index is 1.65. The maximum Gasteiger partial charge on any atom is -0.00917 e. The minimum atomic E-state index is 0.921. The summed E-state index contributed by atoms with van der Waals surface area (Å²) >= 11 is 0. The van der Waals surface area contributed by atoms with E-state index in [0.29, 0.717) is 0 Å². The number of hydrogen-bond donors (Lipinski definition) is 0. The fourth-order valence-electron chi connectivity index (χ4n) is 2.55. The van der Waals surface area contributed by atoms with Crippen molar-refractivity contribution < 1.29 is 0 Å². The van der Waals surface area contributed by atoms with Crippen LogP contribution in [-0.2, 0) is 12.3 Å². The fraction of sp³-hybridized carbons (Fsp3) is 0.0909. The van der Waals surface area contributed by atoms with Gasteiger partial charge in [0.05, 0.1) is 0 Å². The smallest absolute Gasteiger partial charge is 0.00917 e. The van der Waals surface area contributed by atoms with Crippen molar-refractivity contribution in [3.63, 3.8) is 0 Å². The van der Waals surface area contributed by atoms with Crippen molar-refractivity contribution in [3.05, 3.63) is 107 Å². The van der Waals surface area contributed by atoms with Gasteiger partial charge in [0.2, 0.25) is 0 Å². The molecule has 114 valence electrons. The average Bonchev–Trinajstić information content (AvgIpc) is 2.63. The molecule has 3 aromatic carbocycles. The second-order valence-corrected chi connectivity index (χ2v) is 6.74. The van der Waals surface area contributed by atoms with E-state index in [1.165, 1.54) is 22.3 Å². The van der Waals surface area contributed by atoms with Gasteiger partial charge in [-0.1, -0.05) is 97.1 Å². The molecule has 3 rings (SSSR count). The summed E-state index contributed by atoms with van der Waals surface area (Å²) in [5.74, 6) is 0. The molecule has 0 fully saturated rings. The largest absolute Gasteiger partial charge is 0.113 e. The highest BCUT2D eigenvalue weighted by Crippen LogP contribution is 2.26. The normalized spacial score (nSPS) is 11.5. The van der Waals surface area contributed by atoms with E-state index in [1.807, 2.05) is 0 Å². The quantitative estimate of drug-likeness (QED) is 0.373. The van der Waals surface area contributed by atoms with E-state index >= 15 is 0 Å². The van der Waals surface area contributed by atoms with Gasteiger partial charge in [0.25, 0.3) is 0 Å². The molecule has 0 aliphatic carbocycles. The lowest BCUT2D eigenvalue weighted by Gasteiger charge is -2.06. The lowest BCUT2D eigenvalue weighted by Crippen LogP contribution is -1.86. The Kier molecular flexibility index (Phi) is 5.78. The van der Waals surface area contributed by atoms with Crippen molar-refractivity contribution in [2.45, 2.75) is 12.3 Å². The van der Waals surface area contributed by atoms with Crippen LogP contribution in [0.25, 0.3) is 12.2 Å². The second kappa shape index (κ2) is 8.46. The highest BCUT2D eigenvalue weighted by molar-refractivity contribution is 7.36. The molecule has 0 amide bonds. The van der Waals surface area contributed by atoms with Gasteiger partial charge in [-0.2, -0.15) is 0 Å². The maximum atomic E-state index is 2.25. The number of hydrogen-bond acceptors (Lipinski definition) is 0. The van der Waals surface area contributed by atoms with Gasteiger partial charge in [-0.15, -0.1) is 8.58 Å². The SMILES string of the molecule is C(=Cc1ccccc1CPCc1ccccc1)c1ccccc1. The van der Waals surface area contributed by atoms with Gasteiger partial charge in [0, 0.05) is 0 Å². The van der Waals surface area contributed by atoms with Crippen molar-refractivity contribution >= 4 is 20.7 Å². The Hall–Kier alpha value is -2.17. The van der Waals surface area contributed by atoms with Gasteiger partial charge in [0.1, 0.15) is 0 Å². The van der Waals surface area contributed by atoms with Gasteiger partial charge < -0.3 is 0 Å². The number of benzene rings is 3. The molecular weight excluding hydrogens is 295 g/mol. The first-order valence-electron chi connectivity index (χ1n) is 7.97. The molecule has 0 aromatic heterocycles. The molecule has 0 saturated heterocycles. The molecule has 0 N–H and O–H groups in total. The predicted octanol–water partition coefficient (Wildman–Crippen LogP) is 6.24. The molecule has 0 aliphatic heterocycles. The highest BCUT2D eigenvalue weighted by atomic mass is 31.1. The molecule has 0 spiro atoms. The minimum Gasteiger partial charge on any atom is -0.113 e. The molecule has 0 nitrogen and oxygen atoms in total. The Morgan fingerprint density at radius 3 is 2.04 bits per heavy atom. The molecule has 0 heterocycles. The zero-order valence-electron chi connectivity index (χ0n) is 13.2. The van der Waals surface area contributed by atoms with E-state index in [1.54, 1.807) is 0 Å². The third-order valence-electron chi connectivity index (χ3n) is 3.80. The Labute approximate surface area is 140 Å². The van der Waals surface area contributed by atoms with Crippen LogP contribution >= 0.6 is 8.58 Å². The van der Waals surface area contributed by atoms with Crippen LogP contribution in [-0.4, -0.2) is 0 Å². The second-order valence-electron chi connectivity index (χ2n) is 5.53. The summed E-state index contributed by atoms with van der Waals surface area (Å²) in [6, 6.07) is 30.0. The van der Waals surface area contributed by atoms with Gasteiger partial charge in [0.15, 0.2) is 0 Å². The van der Waals surface area contributed by atoms with Crippen LogP contribution in [0.15, 0.2) is 84.9 Å². The van der Waals surface area contributed by atoms with Crippen molar-refractivity contribution in [3.8, 4) is 0 Å². The summed E-state index contributed by atoms with van der Waals surface area (Å²) in [7, 11) is 0.921. The van der Waals surface area contributed by atoms with Crippen LogP contribution in [0.4, 0.5) is 0 Å². The summed E-state index contributed by atoms with van der Waals surface area (Å²) < 4.78 is 0. The Morgan fingerprint density at radius 2 is 1.26 bits per heavy atom. The lowest BCUT2D eigenvalue weighted by atomic mass is 10.1. The van der Waals surface area contributed by atoms with E-state index in [-0.39, 0.29) is 0 Å². The molecule has 3 aromatic rings. The van der Waals surface area contributed by atoms with E-state index in [4.69, 9.17) is 0 Å². The molecule has 0 saturated carbocycles. The lowest BCUT2D eigenvalue weighted by molar-refractivity contribution is 1.34. The van der Waals surface area contributed by atoms with Crippen molar-refractivity contribution in [1.29, 1.82) is 0 Å². The van der Waals surface area contributed by atoms with Gasteiger partial charge >= 0.3 is 0 Å². The maximum absolute atomic E-state index is 2.25.